The molecule has 15 heavy (non-hydrogen) atoms. The summed E-state index contributed by atoms with van der Waals surface area (Å²) >= 11 is 0. The molecule has 0 amide bonds. The van der Waals surface area contributed by atoms with Crippen LogP contribution in [-0.2, 0) is 4.74 Å². The summed E-state index contributed by atoms with van der Waals surface area (Å²) in [5, 5.41) is 0. The molecule has 0 radical (unpaired) electrons. The Kier molecular flexibility index (Phi) is 3.07. The number of aryl methyl sites for hydroxylation is 1. The number of nitrogens with zero attached hydrogens (tertiary/aromatic N) is 1. The molecule has 0 bridgehead atoms. The Morgan fingerprint density at radius 1 is 1.20 bits per heavy atom. The maximum Gasteiger partial charge on any atom is 0.0642 e. The maximum absolute atomic E-state index is 5.32. The summed E-state index contributed by atoms with van der Waals surface area (Å²) in [6.45, 7) is 9.77. The fourth-order valence-corrected chi connectivity index (χ4v) is 1.76. The van der Waals surface area contributed by atoms with Gasteiger partial charge in [-0.1, -0.05) is 36.4 Å². The molecule has 0 spiro atoms. The molecule has 0 saturated carbocycles. The van der Waals surface area contributed by atoms with Crippen LogP contribution in [0.25, 0.3) is 5.70 Å². The second kappa shape index (κ2) is 4.49. The number of ether oxygens (including phenoxy) is 1. The lowest BCUT2D eigenvalue weighted by molar-refractivity contribution is 0.0641. The fourth-order valence-electron chi connectivity index (χ4n) is 1.76. The van der Waals surface area contributed by atoms with Gasteiger partial charge in [-0.25, -0.2) is 0 Å². The molecule has 1 aliphatic rings. The number of benzene rings is 1. The van der Waals surface area contributed by atoms with Crippen molar-refractivity contribution < 1.29 is 4.74 Å². The maximum atomic E-state index is 5.32. The molecule has 0 unspecified atom stereocenters. The van der Waals surface area contributed by atoms with Crippen LogP contribution < -0.4 is 0 Å². The summed E-state index contributed by atoms with van der Waals surface area (Å²) in [6.07, 6.45) is 0. The Morgan fingerprint density at radius 3 is 2.40 bits per heavy atom. The van der Waals surface area contributed by atoms with Crippen molar-refractivity contribution >= 4 is 5.70 Å². The van der Waals surface area contributed by atoms with E-state index in [0.717, 1.165) is 32.0 Å². The SMILES string of the molecule is C=C(c1ccc(C)cc1)N1CCOCC1. The molecule has 1 fully saturated rings. The molecule has 2 rings (SSSR count). The highest BCUT2D eigenvalue weighted by Gasteiger charge is 2.12. The van der Waals surface area contributed by atoms with E-state index in [1.54, 1.807) is 0 Å². The summed E-state index contributed by atoms with van der Waals surface area (Å²) in [4.78, 5) is 2.29. The molecule has 80 valence electrons. The van der Waals surface area contributed by atoms with Crippen molar-refractivity contribution in [1.29, 1.82) is 0 Å². The van der Waals surface area contributed by atoms with Gasteiger partial charge < -0.3 is 9.64 Å². The molecule has 0 aromatic heterocycles. The van der Waals surface area contributed by atoms with Crippen molar-refractivity contribution in [3.8, 4) is 0 Å². The third-order valence-corrected chi connectivity index (χ3v) is 2.78. The number of hydrogen-bond acceptors (Lipinski definition) is 2. The van der Waals surface area contributed by atoms with E-state index in [0.29, 0.717) is 0 Å². The third-order valence-electron chi connectivity index (χ3n) is 2.78. The quantitative estimate of drug-likeness (QED) is 0.731. The molecular formula is C13H17NO. The van der Waals surface area contributed by atoms with Crippen LogP contribution in [0, 0.1) is 6.92 Å². The summed E-state index contributed by atoms with van der Waals surface area (Å²) in [7, 11) is 0. The summed E-state index contributed by atoms with van der Waals surface area (Å²) in [5.41, 5.74) is 3.61. The monoisotopic (exact) mass is 203 g/mol. The van der Waals surface area contributed by atoms with Gasteiger partial charge in [0.2, 0.25) is 0 Å². The lowest BCUT2D eigenvalue weighted by Gasteiger charge is -2.30. The minimum Gasteiger partial charge on any atom is -0.378 e. The lowest BCUT2D eigenvalue weighted by atomic mass is 10.1. The zero-order valence-electron chi connectivity index (χ0n) is 9.20. The van der Waals surface area contributed by atoms with E-state index < -0.39 is 0 Å². The topological polar surface area (TPSA) is 12.5 Å². The van der Waals surface area contributed by atoms with Crippen molar-refractivity contribution in [2.24, 2.45) is 0 Å². The minimum atomic E-state index is 0.810. The highest BCUT2D eigenvalue weighted by Crippen LogP contribution is 2.18. The standard InChI is InChI=1S/C13H17NO/c1-11-3-5-13(6-4-11)12(2)14-7-9-15-10-8-14/h3-6H,2,7-10H2,1H3. The Hall–Kier alpha value is -1.28. The van der Waals surface area contributed by atoms with Gasteiger partial charge in [-0.05, 0) is 12.5 Å². The summed E-state index contributed by atoms with van der Waals surface area (Å²) < 4.78 is 5.32. The second-order valence-corrected chi connectivity index (χ2v) is 3.91. The van der Waals surface area contributed by atoms with Crippen LogP contribution in [0.3, 0.4) is 0 Å². The van der Waals surface area contributed by atoms with Crippen LogP contribution in [0.5, 0.6) is 0 Å². The van der Waals surface area contributed by atoms with E-state index in [-0.39, 0.29) is 0 Å². The van der Waals surface area contributed by atoms with E-state index in [4.69, 9.17) is 4.74 Å². The van der Waals surface area contributed by atoms with E-state index in [9.17, 15) is 0 Å². The second-order valence-electron chi connectivity index (χ2n) is 3.91. The van der Waals surface area contributed by atoms with E-state index in [2.05, 4.69) is 42.7 Å². The Labute approximate surface area is 91.2 Å². The minimum absolute atomic E-state index is 0.810. The van der Waals surface area contributed by atoms with Crippen molar-refractivity contribution in [2.75, 3.05) is 26.3 Å². The molecule has 1 aromatic rings. The highest BCUT2D eigenvalue weighted by molar-refractivity contribution is 5.62. The van der Waals surface area contributed by atoms with Crippen molar-refractivity contribution in [1.82, 2.24) is 4.90 Å². The van der Waals surface area contributed by atoms with Crippen LogP contribution in [0.4, 0.5) is 0 Å². The van der Waals surface area contributed by atoms with Gasteiger partial charge in [0, 0.05) is 18.8 Å². The largest absolute Gasteiger partial charge is 0.378 e. The van der Waals surface area contributed by atoms with Gasteiger partial charge in [-0.15, -0.1) is 0 Å². The zero-order chi connectivity index (χ0) is 10.7. The molecule has 1 heterocycles. The van der Waals surface area contributed by atoms with Gasteiger partial charge in [0.25, 0.3) is 0 Å². The third kappa shape index (κ3) is 2.39. The molecule has 0 aliphatic carbocycles. The first-order valence-corrected chi connectivity index (χ1v) is 5.36. The molecule has 1 saturated heterocycles. The Balaban J connectivity index is 2.09. The van der Waals surface area contributed by atoms with Crippen LogP contribution in [0.15, 0.2) is 30.8 Å². The Morgan fingerprint density at radius 2 is 1.80 bits per heavy atom. The predicted octanol–water partition coefficient (Wildman–Crippen LogP) is 2.30. The fraction of sp³-hybridized carbons (Fsp3) is 0.385. The van der Waals surface area contributed by atoms with Gasteiger partial charge in [0.1, 0.15) is 0 Å². The highest BCUT2D eigenvalue weighted by atomic mass is 16.5. The van der Waals surface area contributed by atoms with Gasteiger partial charge >= 0.3 is 0 Å². The van der Waals surface area contributed by atoms with Crippen LogP contribution in [-0.4, -0.2) is 31.2 Å². The smallest absolute Gasteiger partial charge is 0.0642 e. The summed E-state index contributed by atoms with van der Waals surface area (Å²) in [6, 6.07) is 8.52. The molecule has 0 atom stereocenters. The number of rotatable bonds is 2. The van der Waals surface area contributed by atoms with E-state index >= 15 is 0 Å². The van der Waals surface area contributed by atoms with Crippen molar-refractivity contribution in [3.63, 3.8) is 0 Å². The first-order valence-electron chi connectivity index (χ1n) is 5.36. The van der Waals surface area contributed by atoms with Crippen LogP contribution in [0.2, 0.25) is 0 Å². The normalized spacial score (nSPS) is 16.5. The zero-order valence-corrected chi connectivity index (χ0v) is 9.20. The first kappa shape index (κ1) is 10.2. The van der Waals surface area contributed by atoms with Crippen LogP contribution in [0.1, 0.15) is 11.1 Å². The van der Waals surface area contributed by atoms with Gasteiger partial charge in [0.05, 0.1) is 13.2 Å². The van der Waals surface area contributed by atoms with Gasteiger partial charge in [0.15, 0.2) is 0 Å². The molecule has 1 aromatic carbocycles. The van der Waals surface area contributed by atoms with Crippen LogP contribution >= 0.6 is 0 Å². The molecule has 1 aliphatic heterocycles. The van der Waals surface area contributed by atoms with Crippen molar-refractivity contribution in [3.05, 3.63) is 42.0 Å². The number of hydrogen-bond donors (Lipinski definition) is 0. The average molecular weight is 203 g/mol. The van der Waals surface area contributed by atoms with Gasteiger partial charge in [-0.3, -0.25) is 0 Å². The first-order chi connectivity index (χ1) is 7.27. The van der Waals surface area contributed by atoms with Gasteiger partial charge in [-0.2, -0.15) is 0 Å². The molecular weight excluding hydrogens is 186 g/mol. The lowest BCUT2D eigenvalue weighted by Crippen LogP contribution is -2.34. The molecule has 0 N–H and O–H groups in total. The Bertz CT molecular complexity index is 336. The molecule has 2 heteroatoms. The van der Waals surface area contributed by atoms with Crippen molar-refractivity contribution in [2.45, 2.75) is 6.92 Å². The number of morpholine rings is 1. The molecule has 2 nitrogen and oxygen atoms in total. The van der Waals surface area contributed by atoms with E-state index in [1.807, 2.05) is 0 Å². The average Bonchev–Trinajstić information content (AvgIpc) is 2.30. The summed E-state index contributed by atoms with van der Waals surface area (Å²) in [5.74, 6) is 0. The predicted molar refractivity (Wildman–Crippen MR) is 62.6 cm³/mol. The van der Waals surface area contributed by atoms with E-state index in [1.165, 1.54) is 11.1 Å².